The molecule has 0 fully saturated rings. The van der Waals surface area contributed by atoms with Gasteiger partial charge in [0.25, 0.3) is 0 Å². The van der Waals surface area contributed by atoms with Crippen molar-refractivity contribution in [2.24, 2.45) is 5.73 Å². The molecule has 0 amide bonds. The number of hydrogen-bond donors (Lipinski definition) is 1. The normalized spacial score (nSPS) is 12.8. The average Bonchev–Trinajstić information content (AvgIpc) is 2.25. The van der Waals surface area contributed by atoms with Crippen molar-refractivity contribution in [2.75, 3.05) is 0 Å². The molecule has 0 saturated carbocycles. The summed E-state index contributed by atoms with van der Waals surface area (Å²) >= 11 is 0. The summed E-state index contributed by atoms with van der Waals surface area (Å²) in [5.74, 6) is 0.166. The molecule has 90 valence electrons. The maximum atomic E-state index is 12.0. The Hall–Kier alpha value is -1.16. The van der Waals surface area contributed by atoms with Gasteiger partial charge in [0, 0.05) is 6.04 Å². The summed E-state index contributed by atoms with van der Waals surface area (Å²) in [4.78, 5) is 0. The van der Waals surface area contributed by atoms with Crippen LogP contribution in [0.5, 0.6) is 5.75 Å². The summed E-state index contributed by atoms with van der Waals surface area (Å²) in [6, 6.07) is 6.48. The number of hydrogen-bond acceptors (Lipinski definition) is 2. The smallest absolute Gasteiger partial charge is 0.387 e. The van der Waals surface area contributed by atoms with Gasteiger partial charge in [-0.2, -0.15) is 8.78 Å². The molecular formula is C12H17F2NO. The third-order valence-corrected chi connectivity index (χ3v) is 2.38. The van der Waals surface area contributed by atoms with Crippen molar-refractivity contribution < 1.29 is 13.5 Å². The molecule has 0 saturated heterocycles. The van der Waals surface area contributed by atoms with Crippen LogP contribution in [0.15, 0.2) is 24.3 Å². The van der Waals surface area contributed by atoms with Crippen molar-refractivity contribution in [2.45, 2.75) is 38.8 Å². The summed E-state index contributed by atoms with van der Waals surface area (Å²) in [6.07, 6.45) is 2.96. The van der Waals surface area contributed by atoms with E-state index in [4.69, 9.17) is 5.73 Å². The highest BCUT2D eigenvalue weighted by molar-refractivity contribution is 5.30. The van der Waals surface area contributed by atoms with E-state index in [1.807, 2.05) is 6.07 Å². The maximum absolute atomic E-state index is 12.0. The summed E-state index contributed by atoms with van der Waals surface area (Å²) in [7, 11) is 0. The second kappa shape index (κ2) is 6.43. The van der Waals surface area contributed by atoms with Gasteiger partial charge < -0.3 is 10.5 Å². The zero-order valence-corrected chi connectivity index (χ0v) is 9.33. The summed E-state index contributed by atoms with van der Waals surface area (Å²) < 4.78 is 28.3. The second-order valence-corrected chi connectivity index (χ2v) is 3.70. The fourth-order valence-electron chi connectivity index (χ4n) is 1.51. The van der Waals surface area contributed by atoms with Crippen LogP contribution in [0, 0.1) is 0 Å². The number of benzene rings is 1. The predicted octanol–water partition coefficient (Wildman–Crippen LogP) is 3.48. The first-order valence-electron chi connectivity index (χ1n) is 5.43. The lowest BCUT2D eigenvalue weighted by atomic mass is 10.0. The first kappa shape index (κ1) is 12.9. The Morgan fingerprint density at radius 2 is 2.12 bits per heavy atom. The highest BCUT2D eigenvalue weighted by Crippen LogP contribution is 2.22. The van der Waals surface area contributed by atoms with Gasteiger partial charge in [-0.05, 0) is 24.1 Å². The van der Waals surface area contributed by atoms with E-state index in [9.17, 15) is 8.78 Å². The van der Waals surface area contributed by atoms with Gasteiger partial charge in [0.1, 0.15) is 5.75 Å². The van der Waals surface area contributed by atoms with Gasteiger partial charge in [0.15, 0.2) is 0 Å². The Labute approximate surface area is 94.4 Å². The number of unbranched alkanes of at least 4 members (excludes halogenated alkanes) is 1. The van der Waals surface area contributed by atoms with Crippen molar-refractivity contribution in [3.8, 4) is 5.75 Å². The Morgan fingerprint density at radius 3 is 2.75 bits per heavy atom. The van der Waals surface area contributed by atoms with Crippen LogP contribution in [0.2, 0.25) is 0 Å². The topological polar surface area (TPSA) is 35.2 Å². The minimum atomic E-state index is -2.79. The summed E-state index contributed by atoms with van der Waals surface area (Å²) in [5.41, 5.74) is 6.78. The fraction of sp³-hybridized carbons (Fsp3) is 0.500. The van der Waals surface area contributed by atoms with Crippen molar-refractivity contribution >= 4 is 0 Å². The van der Waals surface area contributed by atoms with Crippen LogP contribution in [-0.2, 0) is 0 Å². The van der Waals surface area contributed by atoms with Crippen LogP contribution in [0.25, 0.3) is 0 Å². The first-order valence-corrected chi connectivity index (χ1v) is 5.43. The lowest BCUT2D eigenvalue weighted by molar-refractivity contribution is -0.0499. The molecule has 1 aromatic rings. The van der Waals surface area contributed by atoms with Gasteiger partial charge in [-0.1, -0.05) is 31.9 Å². The largest absolute Gasteiger partial charge is 0.435 e. The predicted molar refractivity (Wildman–Crippen MR) is 59.5 cm³/mol. The second-order valence-electron chi connectivity index (χ2n) is 3.70. The minimum Gasteiger partial charge on any atom is -0.435 e. The van der Waals surface area contributed by atoms with E-state index in [0.717, 1.165) is 24.8 Å². The molecule has 0 bridgehead atoms. The highest BCUT2D eigenvalue weighted by atomic mass is 19.3. The molecule has 0 spiro atoms. The van der Waals surface area contributed by atoms with Crippen LogP contribution in [0.3, 0.4) is 0 Å². The molecule has 0 aliphatic carbocycles. The molecule has 1 unspecified atom stereocenters. The van der Waals surface area contributed by atoms with E-state index in [2.05, 4.69) is 11.7 Å². The van der Waals surface area contributed by atoms with Crippen LogP contribution >= 0.6 is 0 Å². The molecule has 0 aromatic heterocycles. The monoisotopic (exact) mass is 229 g/mol. The van der Waals surface area contributed by atoms with Crippen LogP contribution in [0.4, 0.5) is 8.78 Å². The third-order valence-electron chi connectivity index (χ3n) is 2.38. The first-order chi connectivity index (χ1) is 7.63. The Kier molecular flexibility index (Phi) is 5.19. The molecule has 16 heavy (non-hydrogen) atoms. The van der Waals surface area contributed by atoms with Crippen molar-refractivity contribution in [1.82, 2.24) is 0 Å². The van der Waals surface area contributed by atoms with Gasteiger partial charge in [-0.15, -0.1) is 0 Å². The van der Waals surface area contributed by atoms with Gasteiger partial charge in [0.2, 0.25) is 0 Å². The number of nitrogens with two attached hydrogens (primary N) is 1. The van der Waals surface area contributed by atoms with Crippen molar-refractivity contribution in [3.63, 3.8) is 0 Å². The summed E-state index contributed by atoms with van der Waals surface area (Å²) in [6.45, 7) is -0.703. The SMILES string of the molecule is CCCCC(N)c1cccc(OC(F)F)c1. The summed E-state index contributed by atoms with van der Waals surface area (Å²) in [5, 5.41) is 0. The Bertz CT molecular complexity index is 318. The van der Waals surface area contributed by atoms with Crippen LogP contribution < -0.4 is 10.5 Å². The van der Waals surface area contributed by atoms with Gasteiger partial charge in [-0.3, -0.25) is 0 Å². The molecule has 4 heteroatoms. The third kappa shape index (κ3) is 4.14. The quantitative estimate of drug-likeness (QED) is 0.810. The molecule has 0 radical (unpaired) electrons. The van der Waals surface area contributed by atoms with Crippen molar-refractivity contribution in [3.05, 3.63) is 29.8 Å². The highest BCUT2D eigenvalue weighted by Gasteiger charge is 2.08. The number of halogens is 2. The molecule has 1 rings (SSSR count). The van der Waals surface area contributed by atoms with E-state index in [1.165, 1.54) is 6.07 Å². The number of ether oxygens (including phenoxy) is 1. The molecule has 0 heterocycles. The maximum Gasteiger partial charge on any atom is 0.387 e. The Balaban J connectivity index is 2.65. The van der Waals surface area contributed by atoms with E-state index in [0.29, 0.717) is 0 Å². The average molecular weight is 229 g/mol. The zero-order chi connectivity index (χ0) is 12.0. The lowest BCUT2D eigenvalue weighted by Crippen LogP contribution is -2.10. The Morgan fingerprint density at radius 1 is 1.38 bits per heavy atom. The van der Waals surface area contributed by atoms with E-state index < -0.39 is 6.61 Å². The number of alkyl halides is 2. The van der Waals surface area contributed by atoms with Gasteiger partial charge >= 0.3 is 6.61 Å². The zero-order valence-electron chi connectivity index (χ0n) is 9.33. The molecule has 2 nitrogen and oxygen atoms in total. The standard InChI is InChI=1S/C12H17F2NO/c1-2-3-7-11(15)9-5-4-6-10(8-9)16-12(13)14/h4-6,8,11-12H,2-3,7,15H2,1H3. The van der Waals surface area contributed by atoms with Crippen LogP contribution in [-0.4, -0.2) is 6.61 Å². The van der Waals surface area contributed by atoms with E-state index >= 15 is 0 Å². The van der Waals surface area contributed by atoms with E-state index in [-0.39, 0.29) is 11.8 Å². The fourth-order valence-corrected chi connectivity index (χ4v) is 1.51. The molecule has 1 atom stereocenters. The molecule has 0 aliphatic rings. The molecular weight excluding hydrogens is 212 g/mol. The lowest BCUT2D eigenvalue weighted by Gasteiger charge is -2.13. The van der Waals surface area contributed by atoms with Gasteiger partial charge in [0.05, 0.1) is 0 Å². The van der Waals surface area contributed by atoms with Gasteiger partial charge in [-0.25, -0.2) is 0 Å². The minimum absolute atomic E-state index is 0.110. The molecule has 2 N–H and O–H groups in total. The van der Waals surface area contributed by atoms with Crippen molar-refractivity contribution in [1.29, 1.82) is 0 Å². The number of rotatable bonds is 6. The molecule has 1 aromatic carbocycles. The molecule has 0 aliphatic heterocycles. The van der Waals surface area contributed by atoms with Crippen LogP contribution in [0.1, 0.15) is 37.8 Å². The van der Waals surface area contributed by atoms with E-state index in [1.54, 1.807) is 12.1 Å².